The van der Waals surface area contributed by atoms with Crippen molar-refractivity contribution < 1.29 is 0 Å². The van der Waals surface area contributed by atoms with Gasteiger partial charge in [-0.05, 0) is 30.2 Å². The fourth-order valence-corrected chi connectivity index (χ4v) is 2.47. The lowest BCUT2D eigenvalue weighted by atomic mass is 9.89. The number of nitrogens with one attached hydrogen (secondary N) is 1. The minimum atomic E-state index is 0.0233. The summed E-state index contributed by atoms with van der Waals surface area (Å²) < 4.78 is 0. The minimum absolute atomic E-state index is 0.0233. The van der Waals surface area contributed by atoms with Crippen LogP contribution in [0.25, 0.3) is 10.9 Å². The highest BCUT2D eigenvalue weighted by Crippen LogP contribution is 2.30. The topological polar surface area (TPSA) is 24.9 Å². The Bertz CT molecular complexity index is 654. The van der Waals surface area contributed by atoms with Crippen molar-refractivity contribution in [3.63, 3.8) is 0 Å². The van der Waals surface area contributed by atoms with E-state index in [2.05, 4.69) is 52.1 Å². The molecule has 0 spiro atoms. The van der Waals surface area contributed by atoms with Crippen LogP contribution in [0, 0.1) is 6.92 Å². The Labute approximate surface area is 132 Å². The van der Waals surface area contributed by atoms with Gasteiger partial charge in [-0.15, -0.1) is 0 Å². The molecule has 0 aliphatic carbocycles. The first-order chi connectivity index (χ1) is 9.70. The van der Waals surface area contributed by atoms with Gasteiger partial charge in [0.25, 0.3) is 0 Å². The molecule has 0 saturated heterocycles. The van der Waals surface area contributed by atoms with E-state index in [9.17, 15) is 0 Å². The quantitative estimate of drug-likeness (QED) is 0.864. The van der Waals surface area contributed by atoms with E-state index in [4.69, 9.17) is 16.6 Å². The smallest absolute Gasteiger partial charge is 0.0752 e. The van der Waals surface area contributed by atoms with Gasteiger partial charge in [0.05, 0.1) is 5.52 Å². The molecule has 0 radical (unpaired) electrons. The summed E-state index contributed by atoms with van der Waals surface area (Å²) in [6.45, 7) is 13.8. The Kier molecular flexibility index (Phi) is 4.60. The highest BCUT2D eigenvalue weighted by molar-refractivity contribution is 6.32. The van der Waals surface area contributed by atoms with Crippen LogP contribution in [0.1, 0.15) is 51.4 Å². The van der Waals surface area contributed by atoms with Crippen molar-refractivity contribution in [1.29, 1.82) is 0 Å². The first-order valence-electron chi connectivity index (χ1n) is 7.52. The number of aryl methyl sites for hydroxylation is 1. The van der Waals surface area contributed by atoms with E-state index < -0.39 is 0 Å². The molecular formula is C18H25ClN2. The number of halogens is 1. The van der Waals surface area contributed by atoms with Crippen molar-refractivity contribution in [2.75, 3.05) is 0 Å². The molecule has 2 nitrogen and oxygen atoms in total. The van der Waals surface area contributed by atoms with Gasteiger partial charge in [-0.2, -0.15) is 0 Å². The monoisotopic (exact) mass is 304 g/mol. The van der Waals surface area contributed by atoms with E-state index in [-0.39, 0.29) is 5.41 Å². The molecule has 3 heteroatoms. The lowest BCUT2D eigenvalue weighted by Gasteiger charge is -2.21. The molecule has 0 saturated carbocycles. The number of benzene rings is 1. The van der Waals surface area contributed by atoms with Crippen LogP contribution in [-0.2, 0) is 12.0 Å². The van der Waals surface area contributed by atoms with Gasteiger partial charge >= 0.3 is 0 Å². The molecule has 1 aromatic heterocycles. The first-order valence-corrected chi connectivity index (χ1v) is 7.90. The van der Waals surface area contributed by atoms with Crippen molar-refractivity contribution >= 4 is 22.5 Å². The molecule has 0 fully saturated rings. The summed E-state index contributed by atoms with van der Waals surface area (Å²) in [6, 6.07) is 6.74. The summed E-state index contributed by atoms with van der Waals surface area (Å²) >= 11 is 6.28. The van der Waals surface area contributed by atoms with Crippen LogP contribution in [0.15, 0.2) is 18.2 Å². The maximum Gasteiger partial charge on any atom is 0.0752 e. The van der Waals surface area contributed by atoms with Gasteiger partial charge in [0.15, 0.2) is 0 Å². The van der Waals surface area contributed by atoms with Gasteiger partial charge in [-0.3, -0.25) is 4.98 Å². The van der Waals surface area contributed by atoms with E-state index in [0.29, 0.717) is 6.04 Å². The zero-order valence-electron chi connectivity index (χ0n) is 13.8. The number of fused-ring (bicyclic) bond motifs is 1. The van der Waals surface area contributed by atoms with E-state index in [1.165, 1.54) is 10.9 Å². The molecule has 0 amide bonds. The molecule has 1 heterocycles. The van der Waals surface area contributed by atoms with E-state index in [0.717, 1.165) is 28.3 Å². The first kappa shape index (κ1) is 16.3. The van der Waals surface area contributed by atoms with Gasteiger partial charge in [-0.25, -0.2) is 0 Å². The number of hydrogen-bond donors (Lipinski definition) is 1. The molecule has 0 aliphatic heterocycles. The maximum atomic E-state index is 6.28. The van der Waals surface area contributed by atoms with Crippen molar-refractivity contribution in [2.24, 2.45) is 0 Å². The maximum absolute atomic E-state index is 6.28. The molecule has 2 aromatic rings. The third-order valence-electron chi connectivity index (χ3n) is 3.72. The predicted octanol–water partition coefficient (Wildman–Crippen LogP) is 4.99. The second-order valence-corrected chi connectivity index (χ2v) is 7.43. The third kappa shape index (κ3) is 3.56. The molecule has 114 valence electrons. The zero-order chi connectivity index (χ0) is 15.8. The van der Waals surface area contributed by atoms with Gasteiger partial charge < -0.3 is 5.32 Å². The average Bonchev–Trinajstić information content (AvgIpc) is 2.39. The van der Waals surface area contributed by atoms with Gasteiger partial charge in [0, 0.05) is 34.1 Å². The molecule has 0 atom stereocenters. The molecule has 0 bridgehead atoms. The van der Waals surface area contributed by atoms with Crippen molar-refractivity contribution in [2.45, 2.75) is 59.5 Å². The highest BCUT2D eigenvalue weighted by atomic mass is 35.5. The SMILES string of the molecule is Cc1c(Cl)ccc2c(CNC(C)C)cc(C(C)(C)C)nc12. The fourth-order valence-electron chi connectivity index (χ4n) is 2.32. The summed E-state index contributed by atoms with van der Waals surface area (Å²) in [5.41, 5.74) is 4.51. The van der Waals surface area contributed by atoms with Crippen molar-refractivity contribution in [3.05, 3.63) is 40.0 Å². The lowest BCUT2D eigenvalue weighted by Crippen LogP contribution is -2.23. The number of hydrogen-bond acceptors (Lipinski definition) is 2. The summed E-state index contributed by atoms with van der Waals surface area (Å²) in [7, 11) is 0. The Morgan fingerprint density at radius 3 is 2.48 bits per heavy atom. The number of pyridine rings is 1. The molecule has 2 rings (SSSR count). The second kappa shape index (κ2) is 5.94. The van der Waals surface area contributed by atoms with E-state index in [1.807, 2.05) is 13.0 Å². The van der Waals surface area contributed by atoms with Gasteiger partial charge in [0.2, 0.25) is 0 Å². The molecule has 1 N–H and O–H groups in total. The van der Waals surface area contributed by atoms with Gasteiger partial charge in [-0.1, -0.05) is 52.3 Å². The highest BCUT2D eigenvalue weighted by Gasteiger charge is 2.19. The van der Waals surface area contributed by atoms with Crippen LogP contribution < -0.4 is 5.32 Å². The molecular weight excluding hydrogens is 280 g/mol. The van der Waals surface area contributed by atoms with Crippen LogP contribution in [0.4, 0.5) is 0 Å². The van der Waals surface area contributed by atoms with Crippen LogP contribution >= 0.6 is 11.6 Å². The zero-order valence-corrected chi connectivity index (χ0v) is 14.6. The predicted molar refractivity (Wildman–Crippen MR) is 92.2 cm³/mol. The van der Waals surface area contributed by atoms with E-state index >= 15 is 0 Å². The van der Waals surface area contributed by atoms with Crippen molar-refractivity contribution in [3.8, 4) is 0 Å². The Morgan fingerprint density at radius 1 is 1.24 bits per heavy atom. The molecule has 0 aliphatic rings. The Balaban J connectivity index is 2.66. The normalized spacial score (nSPS) is 12.4. The largest absolute Gasteiger partial charge is 0.310 e. The standard InChI is InChI=1S/C18H25ClN2/c1-11(2)20-10-13-9-16(18(4,5)6)21-17-12(3)15(19)8-7-14(13)17/h7-9,11,20H,10H2,1-6H3. The summed E-state index contributed by atoms with van der Waals surface area (Å²) in [5.74, 6) is 0. The second-order valence-electron chi connectivity index (χ2n) is 7.02. The Morgan fingerprint density at radius 2 is 1.90 bits per heavy atom. The minimum Gasteiger partial charge on any atom is -0.310 e. The number of aromatic nitrogens is 1. The Hall–Kier alpha value is -1.12. The van der Waals surface area contributed by atoms with Crippen molar-refractivity contribution in [1.82, 2.24) is 10.3 Å². The lowest BCUT2D eigenvalue weighted by molar-refractivity contribution is 0.564. The fraction of sp³-hybridized carbons (Fsp3) is 0.500. The summed E-state index contributed by atoms with van der Waals surface area (Å²) in [5, 5.41) is 5.48. The van der Waals surface area contributed by atoms with Gasteiger partial charge in [0.1, 0.15) is 0 Å². The molecule has 1 aromatic carbocycles. The summed E-state index contributed by atoms with van der Waals surface area (Å²) in [6.07, 6.45) is 0. The van der Waals surface area contributed by atoms with Crippen LogP contribution in [0.2, 0.25) is 5.02 Å². The average molecular weight is 305 g/mol. The number of rotatable bonds is 3. The number of nitrogens with zero attached hydrogens (tertiary/aromatic N) is 1. The third-order valence-corrected chi connectivity index (χ3v) is 4.13. The van der Waals surface area contributed by atoms with Crippen LogP contribution in [0.5, 0.6) is 0 Å². The molecule has 0 unspecified atom stereocenters. The van der Waals surface area contributed by atoms with Crippen LogP contribution in [0.3, 0.4) is 0 Å². The molecule has 21 heavy (non-hydrogen) atoms. The van der Waals surface area contributed by atoms with E-state index in [1.54, 1.807) is 0 Å². The van der Waals surface area contributed by atoms with Crippen LogP contribution in [-0.4, -0.2) is 11.0 Å². The summed E-state index contributed by atoms with van der Waals surface area (Å²) in [4.78, 5) is 4.88.